The molecule has 150 valence electrons. The fourth-order valence-electron chi connectivity index (χ4n) is 3.94. The van der Waals surface area contributed by atoms with E-state index in [9.17, 15) is 4.79 Å². The standard InChI is InChI=1S/C24H17BrClNO3/c25-18-3-1-2-15(12-18)20-14-23(28)27-22-9-6-17(13-21(20)22)24(29-10-11-30-24)16-4-7-19(26)8-5-16/h1-9,12-14H,10-11H2,(H,27,28). The first kappa shape index (κ1) is 19.5. The molecule has 0 radical (unpaired) electrons. The van der Waals surface area contributed by atoms with Crippen LogP contribution in [0.15, 0.2) is 82.1 Å². The summed E-state index contributed by atoms with van der Waals surface area (Å²) in [5, 5.41) is 1.57. The molecule has 5 rings (SSSR count). The van der Waals surface area contributed by atoms with E-state index in [4.69, 9.17) is 21.1 Å². The second-order valence-electron chi connectivity index (χ2n) is 7.14. The molecular formula is C24H17BrClNO3. The van der Waals surface area contributed by atoms with E-state index in [1.165, 1.54) is 0 Å². The minimum absolute atomic E-state index is 0.147. The lowest BCUT2D eigenvalue weighted by atomic mass is 9.93. The molecule has 0 atom stereocenters. The summed E-state index contributed by atoms with van der Waals surface area (Å²) in [6.07, 6.45) is 0. The summed E-state index contributed by atoms with van der Waals surface area (Å²) >= 11 is 9.60. The molecule has 6 heteroatoms. The molecule has 3 aromatic carbocycles. The lowest BCUT2D eigenvalue weighted by Gasteiger charge is -2.29. The van der Waals surface area contributed by atoms with Crippen LogP contribution in [0.2, 0.25) is 5.02 Å². The molecule has 30 heavy (non-hydrogen) atoms. The van der Waals surface area contributed by atoms with Crippen LogP contribution >= 0.6 is 27.5 Å². The zero-order valence-corrected chi connectivity index (χ0v) is 18.2. The van der Waals surface area contributed by atoms with Gasteiger partial charge in [0.25, 0.3) is 0 Å². The number of hydrogen-bond acceptors (Lipinski definition) is 3. The van der Waals surface area contributed by atoms with Crippen molar-refractivity contribution in [3.05, 3.63) is 104 Å². The minimum atomic E-state index is -1.01. The Bertz CT molecular complexity index is 1290. The summed E-state index contributed by atoms with van der Waals surface area (Å²) in [7, 11) is 0. The number of aromatic nitrogens is 1. The Balaban J connectivity index is 1.74. The van der Waals surface area contributed by atoms with E-state index in [1.807, 2.05) is 66.7 Å². The van der Waals surface area contributed by atoms with Crippen molar-refractivity contribution in [1.29, 1.82) is 0 Å². The highest BCUT2D eigenvalue weighted by Crippen LogP contribution is 2.40. The van der Waals surface area contributed by atoms with Gasteiger partial charge in [-0.05, 0) is 47.5 Å². The Morgan fingerprint density at radius 3 is 2.37 bits per heavy atom. The maximum atomic E-state index is 12.3. The normalized spacial score (nSPS) is 15.5. The molecule has 0 amide bonds. The van der Waals surface area contributed by atoms with Gasteiger partial charge in [-0.15, -0.1) is 0 Å². The maximum absolute atomic E-state index is 12.3. The summed E-state index contributed by atoms with van der Waals surface area (Å²) in [4.78, 5) is 15.2. The molecular weight excluding hydrogens is 466 g/mol. The monoisotopic (exact) mass is 481 g/mol. The molecule has 0 spiro atoms. The second-order valence-corrected chi connectivity index (χ2v) is 8.49. The van der Waals surface area contributed by atoms with Gasteiger partial charge in [-0.3, -0.25) is 4.79 Å². The fraction of sp³-hybridized carbons (Fsp3) is 0.125. The van der Waals surface area contributed by atoms with Gasteiger partial charge in [0.15, 0.2) is 0 Å². The van der Waals surface area contributed by atoms with Crippen LogP contribution in [0.1, 0.15) is 11.1 Å². The third-order valence-electron chi connectivity index (χ3n) is 5.28. The van der Waals surface area contributed by atoms with Crippen molar-refractivity contribution < 1.29 is 9.47 Å². The number of benzene rings is 3. The Kier molecular flexibility index (Phi) is 4.99. The molecule has 1 fully saturated rings. The van der Waals surface area contributed by atoms with Gasteiger partial charge in [0.2, 0.25) is 11.3 Å². The lowest BCUT2D eigenvalue weighted by Crippen LogP contribution is -2.28. The van der Waals surface area contributed by atoms with Gasteiger partial charge >= 0.3 is 0 Å². The first-order chi connectivity index (χ1) is 14.5. The number of ether oxygens (including phenoxy) is 2. The average Bonchev–Trinajstić information content (AvgIpc) is 3.24. The van der Waals surface area contributed by atoms with Crippen molar-refractivity contribution in [1.82, 2.24) is 4.98 Å². The summed E-state index contributed by atoms with van der Waals surface area (Å²) in [5.41, 5.74) is 4.14. The highest BCUT2D eigenvalue weighted by Gasteiger charge is 2.40. The van der Waals surface area contributed by atoms with Gasteiger partial charge in [-0.2, -0.15) is 0 Å². The number of rotatable bonds is 3. The topological polar surface area (TPSA) is 51.3 Å². The summed E-state index contributed by atoms with van der Waals surface area (Å²) in [5.74, 6) is -1.01. The Morgan fingerprint density at radius 1 is 0.900 bits per heavy atom. The van der Waals surface area contributed by atoms with Gasteiger partial charge in [0.05, 0.1) is 13.2 Å². The molecule has 0 unspecified atom stereocenters. The van der Waals surface area contributed by atoms with E-state index in [1.54, 1.807) is 6.07 Å². The summed E-state index contributed by atoms with van der Waals surface area (Å²) in [6.45, 7) is 0.982. The molecule has 1 N–H and O–H groups in total. The quantitative estimate of drug-likeness (QED) is 0.398. The van der Waals surface area contributed by atoms with Crippen molar-refractivity contribution >= 4 is 38.4 Å². The van der Waals surface area contributed by atoms with E-state index >= 15 is 0 Å². The number of H-pyrrole nitrogens is 1. The third kappa shape index (κ3) is 3.38. The van der Waals surface area contributed by atoms with Crippen LogP contribution in [0.4, 0.5) is 0 Å². The lowest BCUT2D eigenvalue weighted by molar-refractivity contribution is -0.129. The molecule has 0 aliphatic carbocycles. The zero-order valence-electron chi connectivity index (χ0n) is 15.8. The fourth-order valence-corrected chi connectivity index (χ4v) is 4.46. The van der Waals surface area contributed by atoms with Crippen LogP contribution in [-0.4, -0.2) is 18.2 Å². The van der Waals surface area contributed by atoms with Crippen molar-refractivity contribution in [2.75, 3.05) is 13.2 Å². The van der Waals surface area contributed by atoms with E-state index in [2.05, 4.69) is 20.9 Å². The molecule has 0 saturated carbocycles. The van der Waals surface area contributed by atoms with Crippen LogP contribution in [0.5, 0.6) is 0 Å². The van der Waals surface area contributed by atoms with Gasteiger partial charge in [-0.1, -0.05) is 57.9 Å². The maximum Gasteiger partial charge on any atom is 0.249 e. The smallest absolute Gasteiger partial charge is 0.249 e. The van der Waals surface area contributed by atoms with E-state index in [-0.39, 0.29) is 5.56 Å². The van der Waals surface area contributed by atoms with Crippen molar-refractivity contribution in [3.8, 4) is 11.1 Å². The molecule has 1 aliphatic heterocycles. The predicted molar refractivity (Wildman–Crippen MR) is 122 cm³/mol. The Labute approximate surface area is 186 Å². The molecule has 1 saturated heterocycles. The van der Waals surface area contributed by atoms with Crippen molar-refractivity contribution in [2.45, 2.75) is 5.79 Å². The molecule has 2 heterocycles. The number of nitrogens with one attached hydrogen (secondary N) is 1. The summed E-state index contributed by atoms with van der Waals surface area (Å²) < 4.78 is 13.2. The number of aromatic amines is 1. The number of halogens is 2. The second kappa shape index (κ2) is 7.67. The highest BCUT2D eigenvalue weighted by molar-refractivity contribution is 9.10. The van der Waals surface area contributed by atoms with Crippen LogP contribution < -0.4 is 5.56 Å². The Morgan fingerprint density at radius 2 is 1.63 bits per heavy atom. The zero-order chi connectivity index (χ0) is 20.7. The van der Waals surface area contributed by atoms with Gasteiger partial charge in [0.1, 0.15) is 0 Å². The number of hydrogen-bond donors (Lipinski definition) is 1. The van der Waals surface area contributed by atoms with Crippen LogP contribution in [0, 0.1) is 0 Å². The summed E-state index contributed by atoms with van der Waals surface area (Å²) in [6, 6.07) is 22.9. The number of fused-ring (bicyclic) bond motifs is 1. The van der Waals surface area contributed by atoms with E-state index < -0.39 is 5.79 Å². The minimum Gasteiger partial charge on any atom is -0.340 e. The average molecular weight is 483 g/mol. The molecule has 4 aromatic rings. The first-order valence-corrected chi connectivity index (χ1v) is 10.7. The van der Waals surface area contributed by atoms with Crippen molar-refractivity contribution in [3.63, 3.8) is 0 Å². The van der Waals surface area contributed by atoms with Crippen LogP contribution in [-0.2, 0) is 15.3 Å². The van der Waals surface area contributed by atoms with Gasteiger partial charge < -0.3 is 14.5 Å². The molecule has 0 bridgehead atoms. The van der Waals surface area contributed by atoms with Gasteiger partial charge in [0, 0.05) is 37.6 Å². The van der Waals surface area contributed by atoms with E-state index in [0.29, 0.717) is 18.2 Å². The highest BCUT2D eigenvalue weighted by atomic mass is 79.9. The first-order valence-electron chi connectivity index (χ1n) is 9.53. The molecule has 1 aliphatic rings. The largest absolute Gasteiger partial charge is 0.340 e. The third-order valence-corrected chi connectivity index (χ3v) is 6.02. The molecule has 4 nitrogen and oxygen atoms in total. The van der Waals surface area contributed by atoms with Crippen LogP contribution in [0.3, 0.4) is 0 Å². The Hall–Kier alpha value is -2.44. The van der Waals surface area contributed by atoms with E-state index in [0.717, 1.165) is 37.6 Å². The number of pyridine rings is 1. The SMILES string of the molecule is O=c1cc(-c2cccc(Br)c2)c2cc(C3(c4ccc(Cl)cc4)OCCO3)ccc2[nH]1. The predicted octanol–water partition coefficient (Wildman–Crippen LogP) is 5.86. The van der Waals surface area contributed by atoms with Crippen molar-refractivity contribution in [2.24, 2.45) is 0 Å². The molecule has 1 aromatic heterocycles. The van der Waals surface area contributed by atoms with Gasteiger partial charge in [-0.25, -0.2) is 0 Å². The van der Waals surface area contributed by atoms with Crippen LogP contribution in [0.25, 0.3) is 22.0 Å².